The Bertz CT molecular complexity index is 622. The van der Waals surface area contributed by atoms with Crippen LogP contribution in [0.2, 0.25) is 0 Å². The number of nitrogens with zero attached hydrogens (tertiary/aromatic N) is 1. The monoisotopic (exact) mass is 231 g/mol. The summed E-state index contributed by atoms with van der Waals surface area (Å²) in [5.74, 6) is 2.59. The first-order valence-corrected chi connectivity index (χ1v) is 5.88. The van der Waals surface area contributed by atoms with Gasteiger partial charge in [-0.1, -0.05) is 37.1 Å². The van der Waals surface area contributed by atoms with Gasteiger partial charge in [0.15, 0.2) is 0 Å². The lowest BCUT2D eigenvalue weighted by Crippen LogP contribution is -1.86. The van der Waals surface area contributed by atoms with Gasteiger partial charge in [-0.2, -0.15) is 5.26 Å². The summed E-state index contributed by atoms with van der Waals surface area (Å²) >= 11 is 0. The molecule has 0 heterocycles. The molecule has 0 N–H and O–H groups in total. The molecule has 0 aliphatic rings. The van der Waals surface area contributed by atoms with Crippen molar-refractivity contribution in [3.8, 4) is 29.5 Å². The van der Waals surface area contributed by atoms with E-state index in [1.807, 2.05) is 24.3 Å². The van der Waals surface area contributed by atoms with E-state index in [0.29, 0.717) is 5.56 Å². The van der Waals surface area contributed by atoms with Crippen molar-refractivity contribution in [1.82, 2.24) is 0 Å². The first kappa shape index (κ1) is 12.0. The van der Waals surface area contributed by atoms with E-state index in [9.17, 15) is 0 Å². The minimum Gasteiger partial charge on any atom is -0.192 e. The molecular weight excluding hydrogens is 218 g/mol. The second kappa shape index (κ2) is 5.21. The molecule has 0 fully saturated rings. The Morgan fingerprint density at radius 3 is 2.50 bits per heavy atom. The zero-order valence-electron chi connectivity index (χ0n) is 10.3. The highest BCUT2D eigenvalue weighted by Gasteiger charge is 2.03. The summed E-state index contributed by atoms with van der Waals surface area (Å²) in [6.07, 6.45) is 6.41. The average Bonchev–Trinajstić information content (AvgIpc) is 2.46. The van der Waals surface area contributed by atoms with Crippen LogP contribution in [-0.4, -0.2) is 0 Å². The molecule has 0 atom stereocenters. The van der Waals surface area contributed by atoms with Crippen LogP contribution < -0.4 is 0 Å². The second-order valence-corrected chi connectivity index (χ2v) is 4.11. The van der Waals surface area contributed by atoms with Crippen molar-refractivity contribution >= 4 is 0 Å². The fourth-order valence-corrected chi connectivity index (χ4v) is 1.91. The smallest absolute Gasteiger partial charge is 0.0992 e. The Morgan fingerprint density at radius 1 is 1.06 bits per heavy atom. The zero-order chi connectivity index (χ0) is 13.0. The van der Waals surface area contributed by atoms with Crippen LogP contribution in [-0.2, 0) is 6.42 Å². The molecule has 86 valence electrons. The largest absolute Gasteiger partial charge is 0.192 e. The fraction of sp³-hybridized carbons (Fsp3) is 0.118. The molecule has 0 saturated heterocycles. The van der Waals surface area contributed by atoms with Crippen molar-refractivity contribution in [2.24, 2.45) is 0 Å². The lowest BCUT2D eigenvalue weighted by atomic mass is 9.98. The number of terminal acetylenes is 1. The number of benzene rings is 2. The molecule has 1 heteroatoms. The minimum atomic E-state index is 0.599. The van der Waals surface area contributed by atoms with Gasteiger partial charge in [-0.3, -0.25) is 0 Å². The van der Waals surface area contributed by atoms with Gasteiger partial charge < -0.3 is 0 Å². The Kier molecular flexibility index (Phi) is 3.46. The maximum atomic E-state index is 9.01. The van der Waals surface area contributed by atoms with Gasteiger partial charge in [0.25, 0.3) is 0 Å². The maximum Gasteiger partial charge on any atom is 0.0992 e. The molecule has 0 bridgehead atoms. The van der Waals surface area contributed by atoms with Crippen molar-refractivity contribution in [1.29, 1.82) is 5.26 Å². The van der Waals surface area contributed by atoms with Gasteiger partial charge in [-0.05, 0) is 41.3 Å². The first-order valence-electron chi connectivity index (χ1n) is 5.88. The van der Waals surface area contributed by atoms with Gasteiger partial charge in [0.05, 0.1) is 11.6 Å². The third-order valence-corrected chi connectivity index (χ3v) is 2.90. The highest BCUT2D eigenvalue weighted by molar-refractivity contribution is 5.68. The lowest BCUT2D eigenvalue weighted by Gasteiger charge is -2.05. The van der Waals surface area contributed by atoms with E-state index in [1.165, 1.54) is 5.56 Å². The van der Waals surface area contributed by atoms with Crippen molar-refractivity contribution in [2.45, 2.75) is 13.3 Å². The van der Waals surface area contributed by atoms with E-state index in [0.717, 1.165) is 23.1 Å². The zero-order valence-corrected chi connectivity index (χ0v) is 10.3. The van der Waals surface area contributed by atoms with Gasteiger partial charge in [-0.15, -0.1) is 6.42 Å². The Labute approximate surface area is 108 Å². The maximum absolute atomic E-state index is 9.01. The normalized spacial score (nSPS) is 9.50. The quantitative estimate of drug-likeness (QED) is 0.722. The fourth-order valence-electron chi connectivity index (χ4n) is 1.91. The molecule has 0 aliphatic carbocycles. The Balaban J connectivity index is 2.57. The Hall–Kier alpha value is -2.51. The molecule has 0 amide bonds. The van der Waals surface area contributed by atoms with Crippen LogP contribution in [0.25, 0.3) is 11.1 Å². The van der Waals surface area contributed by atoms with Crippen LogP contribution in [0.4, 0.5) is 0 Å². The molecule has 2 aromatic carbocycles. The molecule has 2 rings (SSSR count). The molecule has 0 saturated carbocycles. The third-order valence-electron chi connectivity index (χ3n) is 2.90. The van der Waals surface area contributed by atoms with E-state index in [1.54, 1.807) is 6.07 Å². The molecule has 0 aliphatic heterocycles. The summed E-state index contributed by atoms with van der Waals surface area (Å²) in [6.45, 7) is 2.12. The molecule has 0 unspecified atom stereocenters. The van der Waals surface area contributed by atoms with Crippen molar-refractivity contribution < 1.29 is 0 Å². The van der Waals surface area contributed by atoms with Gasteiger partial charge in [-0.25, -0.2) is 0 Å². The highest BCUT2D eigenvalue weighted by atomic mass is 14.2. The SMILES string of the molecule is C#Cc1cc(C#N)cc(-c2cccc(CC)c2)c1. The van der Waals surface area contributed by atoms with Crippen LogP contribution in [0, 0.1) is 23.7 Å². The number of nitriles is 1. The average molecular weight is 231 g/mol. The summed E-state index contributed by atoms with van der Waals surface area (Å²) in [4.78, 5) is 0. The number of aryl methyl sites for hydroxylation is 1. The van der Waals surface area contributed by atoms with E-state index in [2.05, 4.69) is 31.0 Å². The highest BCUT2D eigenvalue weighted by Crippen LogP contribution is 2.23. The van der Waals surface area contributed by atoms with Crippen LogP contribution in [0.5, 0.6) is 0 Å². The summed E-state index contributed by atoms with van der Waals surface area (Å²) in [6, 6.07) is 16.0. The Morgan fingerprint density at radius 2 is 1.83 bits per heavy atom. The number of hydrogen-bond donors (Lipinski definition) is 0. The molecule has 0 spiro atoms. The van der Waals surface area contributed by atoms with Gasteiger partial charge in [0, 0.05) is 5.56 Å². The molecule has 18 heavy (non-hydrogen) atoms. The van der Waals surface area contributed by atoms with E-state index >= 15 is 0 Å². The van der Waals surface area contributed by atoms with Crippen molar-refractivity contribution in [3.63, 3.8) is 0 Å². The van der Waals surface area contributed by atoms with Crippen LogP contribution in [0.1, 0.15) is 23.6 Å². The molecule has 0 radical (unpaired) electrons. The first-order chi connectivity index (χ1) is 8.76. The predicted molar refractivity (Wildman–Crippen MR) is 73.9 cm³/mol. The summed E-state index contributed by atoms with van der Waals surface area (Å²) in [5, 5.41) is 9.01. The molecule has 1 nitrogen and oxygen atoms in total. The van der Waals surface area contributed by atoms with Gasteiger partial charge >= 0.3 is 0 Å². The number of rotatable bonds is 2. The topological polar surface area (TPSA) is 23.8 Å². The standard InChI is InChI=1S/C17H13N/c1-3-13-6-5-7-16(9-13)17-10-14(4-2)8-15(11-17)12-18/h2,5-11H,3H2,1H3. The predicted octanol–water partition coefficient (Wildman–Crippen LogP) is 3.77. The van der Waals surface area contributed by atoms with Crippen LogP contribution >= 0.6 is 0 Å². The van der Waals surface area contributed by atoms with Gasteiger partial charge in [0.1, 0.15) is 0 Å². The van der Waals surface area contributed by atoms with E-state index < -0.39 is 0 Å². The van der Waals surface area contributed by atoms with Crippen LogP contribution in [0.15, 0.2) is 42.5 Å². The molecule has 2 aromatic rings. The molecular formula is C17H13N. The van der Waals surface area contributed by atoms with Crippen molar-refractivity contribution in [2.75, 3.05) is 0 Å². The summed E-state index contributed by atoms with van der Waals surface area (Å²) in [7, 11) is 0. The summed E-state index contributed by atoms with van der Waals surface area (Å²) < 4.78 is 0. The van der Waals surface area contributed by atoms with Crippen molar-refractivity contribution in [3.05, 3.63) is 59.2 Å². The van der Waals surface area contributed by atoms with E-state index in [-0.39, 0.29) is 0 Å². The minimum absolute atomic E-state index is 0.599. The molecule has 0 aromatic heterocycles. The summed E-state index contributed by atoms with van der Waals surface area (Å²) in [5.41, 5.74) is 4.71. The van der Waals surface area contributed by atoms with Crippen LogP contribution in [0.3, 0.4) is 0 Å². The second-order valence-electron chi connectivity index (χ2n) is 4.11. The lowest BCUT2D eigenvalue weighted by molar-refractivity contribution is 1.14. The van der Waals surface area contributed by atoms with Gasteiger partial charge in [0.2, 0.25) is 0 Å². The van der Waals surface area contributed by atoms with E-state index in [4.69, 9.17) is 11.7 Å². The third kappa shape index (κ3) is 2.42. The number of hydrogen-bond acceptors (Lipinski definition) is 1.